The molecule has 17 heavy (non-hydrogen) atoms. The number of rotatable bonds is 3. The van der Waals surface area contributed by atoms with Crippen molar-refractivity contribution >= 4 is 29.2 Å². The maximum Gasteiger partial charge on any atom is 0.307 e. The average molecular weight is 258 g/mol. The molecule has 6 heteroatoms. The van der Waals surface area contributed by atoms with E-state index >= 15 is 0 Å². The van der Waals surface area contributed by atoms with E-state index in [2.05, 4.69) is 5.32 Å². The topological polar surface area (TPSA) is 66.4 Å². The molecule has 0 saturated heterocycles. The fourth-order valence-corrected chi connectivity index (χ4v) is 1.74. The third-order valence-electron chi connectivity index (χ3n) is 2.63. The molecule has 0 spiro atoms. The van der Waals surface area contributed by atoms with Gasteiger partial charge in [0.15, 0.2) is 0 Å². The lowest BCUT2D eigenvalue weighted by Crippen LogP contribution is -2.17. The van der Waals surface area contributed by atoms with Gasteiger partial charge in [0.2, 0.25) is 5.91 Å². The monoisotopic (exact) mass is 257 g/mol. The molecule has 1 aromatic carbocycles. The van der Waals surface area contributed by atoms with Crippen molar-refractivity contribution in [3.63, 3.8) is 0 Å². The van der Waals surface area contributed by atoms with Crippen molar-refractivity contribution in [3.8, 4) is 0 Å². The molecule has 4 nitrogen and oxygen atoms in total. The molecule has 2 rings (SSSR count). The van der Waals surface area contributed by atoms with Gasteiger partial charge in [-0.15, -0.1) is 0 Å². The van der Waals surface area contributed by atoms with Gasteiger partial charge < -0.3 is 10.4 Å². The van der Waals surface area contributed by atoms with Crippen LogP contribution in [0.15, 0.2) is 18.2 Å². The Labute approximate surface area is 101 Å². The van der Waals surface area contributed by atoms with Crippen LogP contribution in [0.2, 0.25) is 5.02 Å². The standard InChI is InChI=1S/C11H9ClFNO3/c12-8-2-1-5(13)3-9(8)14-10(15)6-4-7(6)11(16)17/h1-3,6-7H,4H2,(H,14,15)(H,16,17). The molecule has 1 fully saturated rings. The van der Waals surface area contributed by atoms with Crippen LogP contribution in [0.4, 0.5) is 10.1 Å². The SMILES string of the molecule is O=C(O)C1CC1C(=O)Nc1cc(F)ccc1Cl. The van der Waals surface area contributed by atoms with Crippen LogP contribution < -0.4 is 5.32 Å². The third kappa shape index (κ3) is 2.55. The van der Waals surface area contributed by atoms with Crippen molar-refractivity contribution in [2.24, 2.45) is 11.8 Å². The molecule has 1 amide bonds. The van der Waals surface area contributed by atoms with E-state index < -0.39 is 29.5 Å². The number of amides is 1. The Bertz CT molecular complexity index is 492. The lowest BCUT2D eigenvalue weighted by atomic mass is 10.2. The van der Waals surface area contributed by atoms with Crippen LogP contribution in [0.3, 0.4) is 0 Å². The molecule has 2 N–H and O–H groups in total. The van der Waals surface area contributed by atoms with E-state index in [1.165, 1.54) is 12.1 Å². The Morgan fingerprint density at radius 1 is 1.41 bits per heavy atom. The van der Waals surface area contributed by atoms with Gasteiger partial charge in [-0.1, -0.05) is 11.6 Å². The van der Waals surface area contributed by atoms with Gasteiger partial charge in [-0.3, -0.25) is 9.59 Å². The van der Waals surface area contributed by atoms with Crippen LogP contribution in [-0.4, -0.2) is 17.0 Å². The van der Waals surface area contributed by atoms with Gasteiger partial charge in [0, 0.05) is 0 Å². The molecule has 1 aromatic rings. The molecule has 1 aliphatic carbocycles. The summed E-state index contributed by atoms with van der Waals surface area (Å²) in [6, 6.07) is 3.60. The summed E-state index contributed by atoms with van der Waals surface area (Å²) in [5, 5.41) is 11.3. The molecular formula is C11H9ClFNO3. The highest BCUT2D eigenvalue weighted by Crippen LogP contribution is 2.39. The smallest absolute Gasteiger partial charge is 0.307 e. The van der Waals surface area contributed by atoms with Gasteiger partial charge in [0.1, 0.15) is 5.82 Å². The number of hydrogen-bond donors (Lipinski definition) is 2. The highest BCUT2D eigenvalue weighted by molar-refractivity contribution is 6.33. The molecule has 0 radical (unpaired) electrons. The number of aliphatic carboxylic acids is 1. The fourth-order valence-electron chi connectivity index (χ4n) is 1.58. The Morgan fingerprint density at radius 3 is 2.71 bits per heavy atom. The van der Waals surface area contributed by atoms with Gasteiger partial charge in [0.25, 0.3) is 0 Å². The number of benzene rings is 1. The van der Waals surface area contributed by atoms with Gasteiger partial charge in [0.05, 0.1) is 22.5 Å². The first kappa shape index (κ1) is 11.9. The van der Waals surface area contributed by atoms with Crippen LogP contribution in [0, 0.1) is 17.7 Å². The Morgan fingerprint density at radius 2 is 2.12 bits per heavy atom. The third-order valence-corrected chi connectivity index (χ3v) is 2.96. The van der Waals surface area contributed by atoms with Crippen molar-refractivity contribution in [1.29, 1.82) is 0 Å². The van der Waals surface area contributed by atoms with Crippen LogP contribution in [0.1, 0.15) is 6.42 Å². The molecule has 90 valence electrons. The van der Waals surface area contributed by atoms with Gasteiger partial charge in [-0.2, -0.15) is 0 Å². The number of carbonyl (C=O) groups is 2. The molecule has 0 aromatic heterocycles. The summed E-state index contributed by atoms with van der Waals surface area (Å²) in [5.41, 5.74) is 0.160. The highest BCUT2D eigenvalue weighted by Gasteiger charge is 2.48. The highest BCUT2D eigenvalue weighted by atomic mass is 35.5. The number of carboxylic acid groups (broad SMARTS) is 1. The molecule has 1 saturated carbocycles. The van der Waals surface area contributed by atoms with E-state index in [0.29, 0.717) is 6.42 Å². The lowest BCUT2D eigenvalue weighted by molar-refractivity contribution is -0.139. The summed E-state index contributed by atoms with van der Waals surface area (Å²) >= 11 is 5.77. The van der Waals surface area contributed by atoms with E-state index in [-0.39, 0.29) is 10.7 Å². The van der Waals surface area contributed by atoms with Crippen molar-refractivity contribution in [2.45, 2.75) is 6.42 Å². The molecule has 2 unspecified atom stereocenters. The average Bonchev–Trinajstić information content (AvgIpc) is 3.03. The van der Waals surface area contributed by atoms with Crippen molar-refractivity contribution in [3.05, 3.63) is 29.0 Å². The number of halogens is 2. The second-order valence-corrected chi connectivity index (χ2v) is 4.31. The summed E-state index contributed by atoms with van der Waals surface area (Å²) < 4.78 is 12.9. The molecule has 2 atom stereocenters. The summed E-state index contributed by atoms with van der Waals surface area (Å²) in [6.45, 7) is 0. The van der Waals surface area contributed by atoms with E-state index in [1.54, 1.807) is 0 Å². The van der Waals surface area contributed by atoms with E-state index in [1.807, 2.05) is 0 Å². The minimum absolute atomic E-state index is 0.160. The Balaban J connectivity index is 2.04. The Hall–Kier alpha value is -1.62. The summed E-state index contributed by atoms with van der Waals surface area (Å²) in [4.78, 5) is 22.2. The van der Waals surface area contributed by atoms with Crippen LogP contribution in [0.5, 0.6) is 0 Å². The van der Waals surface area contributed by atoms with Gasteiger partial charge >= 0.3 is 5.97 Å². The maximum atomic E-state index is 12.9. The number of anilines is 1. The second kappa shape index (κ2) is 4.33. The fraction of sp³-hybridized carbons (Fsp3) is 0.273. The first-order chi connectivity index (χ1) is 7.99. The van der Waals surface area contributed by atoms with E-state index in [4.69, 9.17) is 16.7 Å². The molecule has 1 aliphatic rings. The summed E-state index contributed by atoms with van der Waals surface area (Å²) in [6.07, 6.45) is 0.314. The summed E-state index contributed by atoms with van der Waals surface area (Å²) in [5.74, 6) is -3.13. The van der Waals surface area contributed by atoms with Crippen LogP contribution in [0.25, 0.3) is 0 Å². The quantitative estimate of drug-likeness (QED) is 0.872. The second-order valence-electron chi connectivity index (χ2n) is 3.90. The summed E-state index contributed by atoms with van der Waals surface area (Å²) in [7, 11) is 0. The molecule has 0 heterocycles. The Kier molecular flexibility index (Phi) is 3.02. The largest absolute Gasteiger partial charge is 0.481 e. The first-order valence-corrected chi connectivity index (χ1v) is 5.35. The zero-order valence-electron chi connectivity index (χ0n) is 8.61. The number of carbonyl (C=O) groups excluding carboxylic acids is 1. The normalized spacial score (nSPS) is 22.0. The number of hydrogen-bond acceptors (Lipinski definition) is 2. The zero-order valence-corrected chi connectivity index (χ0v) is 9.37. The zero-order chi connectivity index (χ0) is 12.6. The van der Waals surface area contributed by atoms with Crippen molar-refractivity contribution in [1.82, 2.24) is 0 Å². The minimum Gasteiger partial charge on any atom is -0.481 e. The number of nitrogens with one attached hydrogen (secondary N) is 1. The number of carboxylic acids is 1. The minimum atomic E-state index is -0.990. The lowest BCUT2D eigenvalue weighted by Gasteiger charge is -2.06. The maximum absolute atomic E-state index is 12.9. The predicted molar refractivity (Wildman–Crippen MR) is 59.3 cm³/mol. The van der Waals surface area contributed by atoms with Crippen LogP contribution >= 0.6 is 11.6 Å². The van der Waals surface area contributed by atoms with Gasteiger partial charge in [-0.05, 0) is 24.6 Å². The molecule has 0 bridgehead atoms. The van der Waals surface area contributed by atoms with Crippen LogP contribution in [-0.2, 0) is 9.59 Å². The van der Waals surface area contributed by atoms with Crippen molar-refractivity contribution in [2.75, 3.05) is 5.32 Å². The molecular weight excluding hydrogens is 249 g/mol. The van der Waals surface area contributed by atoms with E-state index in [9.17, 15) is 14.0 Å². The predicted octanol–water partition coefficient (Wildman–Crippen LogP) is 2.14. The van der Waals surface area contributed by atoms with Gasteiger partial charge in [-0.25, -0.2) is 4.39 Å². The van der Waals surface area contributed by atoms with Crippen molar-refractivity contribution < 1.29 is 19.1 Å². The molecule has 0 aliphatic heterocycles. The van der Waals surface area contributed by atoms with E-state index in [0.717, 1.165) is 6.07 Å². The first-order valence-electron chi connectivity index (χ1n) is 4.98.